The van der Waals surface area contributed by atoms with Crippen molar-refractivity contribution in [1.82, 2.24) is 4.90 Å². The van der Waals surface area contributed by atoms with E-state index >= 15 is 0 Å². The quantitative estimate of drug-likeness (QED) is 0.934. The summed E-state index contributed by atoms with van der Waals surface area (Å²) in [6.45, 7) is 2.58. The van der Waals surface area contributed by atoms with Gasteiger partial charge in [0.25, 0.3) is 5.91 Å². The number of carbonyl (C=O) groups excluding carboxylic acids is 2. The van der Waals surface area contributed by atoms with Crippen molar-refractivity contribution in [2.45, 2.75) is 38.6 Å². The maximum Gasteiger partial charge on any atom is 0.264 e. The van der Waals surface area contributed by atoms with Crippen molar-refractivity contribution in [2.24, 2.45) is 5.73 Å². The molecule has 2 amide bonds. The van der Waals surface area contributed by atoms with Crippen LogP contribution in [0.25, 0.3) is 10.6 Å². The number of likely N-dealkylation sites (tertiary alicyclic amines) is 1. The van der Waals surface area contributed by atoms with Crippen LogP contribution in [-0.2, 0) is 4.79 Å². The van der Waals surface area contributed by atoms with Crippen molar-refractivity contribution in [2.75, 3.05) is 6.54 Å². The van der Waals surface area contributed by atoms with Gasteiger partial charge in [-0.05, 0) is 50.5 Å². The van der Waals surface area contributed by atoms with Crippen molar-refractivity contribution in [3.05, 3.63) is 34.9 Å². The van der Waals surface area contributed by atoms with E-state index in [1.54, 1.807) is 4.90 Å². The number of piperidine rings is 1. The molecule has 0 aliphatic carbocycles. The first-order chi connectivity index (χ1) is 11.0. The van der Waals surface area contributed by atoms with Crippen LogP contribution in [0.3, 0.4) is 0 Å². The number of carbonyl (C=O) groups is 2. The number of thiophene rings is 1. The molecule has 3 heterocycles. The Morgan fingerprint density at radius 2 is 2.13 bits per heavy atom. The van der Waals surface area contributed by atoms with Gasteiger partial charge in [0.15, 0.2) is 0 Å². The Hall–Kier alpha value is -2.08. The number of rotatable bonds is 4. The third-order valence-electron chi connectivity index (χ3n) is 4.12. The molecule has 0 spiro atoms. The summed E-state index contributed by atoms with van der Waals surface area (Å²) in [7, 11) is 0. The van der Waals surface area contributed by atoms with Gasteiger partial charge in [0.1, 0.15) is 11.5 Å². The minimum absolute atomic E-state index is 0.0181. The first-order valence-electron chi connectivity index (χ1n) is 7.80. The predicted molar refractivity (Wildman–Crippen MR) is 89.2 cm³/mol. The van der Waals surface area contributed by atoms with Gasteiger partial charge in [-0.3, -0.25) is 9.59 Å². The van der Waals surface area contributed by atoms with Crippen LogP contribution in [0.2, 0.25) is 0 Å². The lowest BCUT2D eigenvalue weighted by Crippen LogP contribution is -2.45. The molecule has 1 atom stereocenters. The van der Waals surface area contributed by atoms with Crippen molar-refractivity contribution in [1.29, 1.82) is 0 Å². The summed E-state index contributed by atoms with van der Waals surface area (Å²) in [6, 6.07) is 7.47. The van der Waals surface area contributed by atoms with Crippen molar-refractivity contribution < 1.29 is 14.0 Å². The van der Waals surface area contributed by atoms with Crippen LogP contribution in [0.5, 0.6) is 0 Å². The van der Waals surface area contributed by atoms with Gasteiger partial charge >= 0.3 is 0 Å². The van der Waals surface area contributed by atoms with Gasteiger partial charge < -0.3 is 15.1 Å². The topological polar surface area (TPSA) is 76.5 Å². The Kier molecular flexibility index (Phi) is 4.52. The molecule has 1 unspecified atom stereocenters. The van der Waals surface area contributed by atoms with Crippen LogP contribution in [0, 0.1) is 6.92 Å². The van der Waals surface area contributed by atoms with Crippen LogP contribution in [0.4, 0.5) is 0 Å². The molecule has 1 fully saturated rings. The first-order valence-corrected chi connectivity index (χ1v) is 8.62. The molecular formula is C17H20N2O3S. The minimum atomic E-state index is -0.354. The number of nitrogens with two attached hydrogens (primary N) is 1. The summed E-state index contributed by atoms with van der Waals surface area (Å²) in [6.07, 6.45) is 3.07. The van der Waals surface area contributed by atoms with Gasteiger partial charge in [0.2, 0.25) is 5.91 Å². The van der Waals surface area contributed by atoms with Crippen LogP contribution < -0.4 is 5.73 Å². The van der Waals surface area contributed by atoms with Crippen molar-refractivity contribution in [3.63, 3.8) is 0 Å². The van der Waals surface area contributed by atoms with Crippen LogP contribution in [-0.4, -0.2) is 29.3 Å². The molecule has 0 bridgehead atoms. The van der Waals surface area contributed by atoms with Crippen molar-refractivity contribution >= 4 is 23.2 Å². The van der Waals surface area contributed by atoms with Gasteiger partial charge in [-0.25, -0.2) is 0 Å². The van der Waals surface area contributed by atoms with Gasteiger partial charge in [0.05, 0.1) is 9.75 Å². The minimum Gasteiger partial charge on any atom is -0.461 e. The Bertz CT molecular complexity index is 719. The maximum atomic E-state index is 12.8. The van der Waals surface area contributed by atoms with E-state index in [0.29, 0.717) is 11.4 Å². The Balaban J connectivity index is 1.79. The molecule has 0 saturated carbocycles. The van der Waals surface area contributed by atoms with E-state index in [0.717, 1.165) is 35.7 Å². The van der Waals surface area contributed by atoms with Crippen LogP contribution in [0.1, 0.15) is 41.1 Å². The van der Waals surface area contributed by atoms with E-state index < -0.39 is 0 Å². The zero-order valence-corrected chi connectivity index (χ0v) is 13.9. The van der Waals surface area contributed by atoms with Crippen LogP contribution in [0.15, 0.2) is 28.7 Å². The summed E-state index contributed by atoms with van der Waals surface area (Å²) in [5, 5.41) is 0. The Morgan fingerprint density at radius 1 is 1.30 bits per heavy atom. The van der Waals surface area contributed by atoms with E-state index in [1.807, 2.05) is 31.2 Å². The van der Waals surface area contributed by atoms with Gasteiger partial charge in [-0.2, -0.15) is 0 Å². The van der Waals surface area contributed by atoms with Gasteiger partial charge in [0, 0.05) is 19.0 Å². The third kappa shape index (κ3) is 3.47. The number of primary amides is 1. The first kappa shape index (κ1) is 15.8. The fourth-order valence-electron chi connectivity index (χ4n) is 3.01. The SMILES string of the molecule is Cc1ccc(-c2ccc(C(=O)N3CCCCC3CC(N)=O)s2)o1. The molecular weight excluding hydrogens is 312 g/mol. The van der Waals surface area contributed by atoms with E-state index in [9.17, 15) is 9.59 Å². The highest BCUT2D eigenvalue weighted by atomic mass is 32.1. The normalized spacial score (nSPS) is 18.1. The van der Waals surface area contributed by atoms with E-state index in [-0.39, 0.29) is 24.3 Å². The van der Waals surface area contributed by atoms with E-state index in [2.05, 4.69) is 0 Å². The average Bonchev–Trinajstić information content (AvgIpc) is 3.15. The Labute approximate surface area is 139 Å². The predicted octanol–water partition coefficient (Wildman–Crippen LogP) is 3.19. The number of amides is 2. The second kappa shape index (κ2) is 6.58. The summed E-state index contributed by atoms with van der Waals surface area (Å²) >= 11 is 1.42. The average molecular weight is 332 g/mol. The largest absolute Gasteiger partial charge is 0.461 e. The lowest BCUT2D eigenvalue weighted by Gasteiger charge is -2.34. The second-order valence-corrected chi connectivity index (χ2v) is 6.98. The zero-order valence-electron chi connectivity index (χ0n) is 13.1. The highest BCUT2D eigenvalue weighted by Gasteiger charge is 2.29. The molecule has 0 radical (unpaired) electrons. The molecule has 122 valence electrons. The zero-order chi connectivity index (χ0) is 16.4. The van der Waals surface area contributed by atoms with Crippen LogP contribution >= 0.6 is 11.3 Å². The number of hydrogen-bond acceptors (Lipinski definition) is 4. The molecule has 1 aliphatic rings. The second-order valence-electron chi connectivity index (χ2n) is 5.89. The molecule has 2 aromatic heterocycles. The summed E-state index contributed by atoms with van der Waals surface area (Å²) in [4.78, 5) is 27.4. The monoisotopic (exact) mass is 332 g/mol. The summed E-state index contributed by atoms with van der Waals surface area (Å²) in [5.74, 6) is 1.25. The molecule has 2 N–H and O–H groups in total. The lowest BCUT2D eigenvalue weighted by atomic mass is 9.99. The molecule has 1 saturated heterocycles. The smallest absolute Gasteiger partial charge is 0.264 e. The van der Waals surface area contributed by atoms with Crippen molar-refractivity contribution in [3.8, 4) is 10.6 Å². The molecule has 1 aliphatic heterocycles. The number of nitrogens with zero attached hydrogens (tertiary/aromatic N) is 1. The van der Waals surface area contributed by atoms with E-state index in [4.69, 9.17) is 10.2 Å². The molecule has 23 heavy (non-hydrogen) atoms. The highest BCUT2D eigenvalue weighted by molar-refractivity contribution is 7.17. The van der Waals surface area contributed by atoms with Gasteiger partial charge in [-0.15, -0.1) is 11.3 Å². The molecule has 6 heteroatoms. The number of hydrogen-bond donors (Lipinski definition) is 1. The third-order valence-corrected chi connectivity index (χ3v) is 5.21. The fraction of sp³-hybridized carbons (Fsp3) is 0.412. The molecule has 3 rings (SSSR count). The molecule has 5 nitrogen and oxygen atoms in total. The van der Waals surface area contributed by atoms with Gasteiger partial charge in [-0.1, -0.05) is 0 Å². The summed E-state index contributed by atoms with van der Waals surface area (Å²) in [5.41, 5.74) is 5.32. The molecule has 0 aromatic carbocycles. The number of furan rings is 1. The summed E-state index contributed by atoms with van der Waals surface area (Å²) < 4.78 is 5.61. The number of aryl methyl sites for hydroxylation is 1. The lowest BCUT2D eigenvalue weighted by molar-refractivity contribution is -0.119. The maximum absolute atomic E-state index is 12.8. The van der Waals surface area contributed by atoms with E-state index in [1.165, 1.54) is 11.3 Å². The standard InChI is InChI=1S/C17H20N2O3S/c1-11-5-6-13(22-11)14-7-8-15(23-14)17(21)19-9-3-2-4-12(19)10-16(18)20/h5-8,12H,2-4,9-10H2,1H3,(H2,18,20). The highest BCUT2D eigenvalue weighted by Crippen LogP contribution is 2.31. The Morgan fingerprint density at radius 3 is 2.83 bits per heavy atom. The fourth-order valence-corrected chi connectivity index (χ4v) is 3.93. The molecule has 2 aromatic rings.